The molecule has 4 N–H and O–H groups in total. The molecule has 2 aromatic rings. The molecule has 1 aromatic heterocycles. The van der Waals surface area contributed by atoms with Crippen LogP contribution in [0.2, 0.25) is 0 Å². The number of rotatable bonds is 8. The molecule has 0 bridgehead atoms. The maximum atomic E-state index is 12.2. The van der Waals surface area contributed by atoms with E-state index in [2.05, 4.69) is 47.1 Å². The number of hydroxylamine groups is 1. The fraction of sp³-hybridized carbons (Fsp3) is 0.522. The van der Waals surface area contributed by atoms with Crippen molar-refractivity contribution in [1.29, 1.82) is 0 Å². The number of aromatic nitrogens is 2. The summed E-state index contributed by atoms with van der Waals surface area (Å²) in [4.78, 5) is 28.5. The molecule has 1 fully saturated rings. The van der Waals surface area contributed by atoms with Crippen LogP contribution in [0.25, 0.3) is 0 Å². The van der Waals surface area contributed by atoms with Crippen LogP contribution in [0.4, 0.5) is 23.3 Å². The van der Waals surface area contributed by atoms with Crippen LogP contribution < -0.4 is 26.3 Å². The largest absolute Gasteiger partial charge is 0.366 e. The van der Waals surface area contributed by atoms with Crippen LogP contribution in [0.15, 0.2) is 24.3 Å². The molecular weight excluding hydrogens is 406 g/mol. The van der Waals surface area contributed by atoms with Crippen LogP contribution in [0.1, 0.15) is 43.1 Å². The molecule has 174 valence electrons. The van der Waals surface area contributed by atoms with E-state index in [4.69, 9.17) is 14.8 Å². The van der Waals surface area contributed by atoms with E-state index in [0.717, 1.165) is 48.9 Å². The molecule has 1 atom stereocenters. The molecule has 0 radical (unpaired) electrons. The second-order valence-corrected chi connectivity index (χ2v) is 9.48. The minimum Gasteiger partial charge on any atom is -0.366 e. The first kappa shape index (κ1) is 23.7. The molecule has 1 saturated heterocycles. The molecule has 32 heavy (non-hydrogen) atoms. The first-order valence-corrected chi connectivity index (χ1v) is 10.9. The van der Waals surface area contributed by atoms with E-state index in [1.54, 1.807) is 12.1 Å². The Hall–Kier alpha value is -2.91. The third-order valence-corrected chi connectivity index (χ3v) is 5.17. The normalized spacial score (nSPS) is 16.0. The third-order valence-electron chi connectivity index (χ3n) is 5.17. The van der Waals surface area contributed by atoms with Gasteiger partial charge in [-0.15, -0.1) is 0 Å². The Kier molecular flexibility index (Phi) is 7.52. The highest BCUT2D eigenvalue weighted by molar-refractivity contribution is 5.94. The molecule has 0 unspecified atom stereocenters. The van der Waals surface area contributed by atoms with E-state index in [1.807, 2.05) is 26.1 Å². The van der Waals surface area contributed by atoms with E-state index < -0.39 is 0 Å². The van der Waals surface area contributed by atoms with Gasteiger partial charge >= 0.3 is 0 Å². The summed E-state index contributed by atoms with van der Waals surface area (Å²) in [5.74, 6) is 1.77. The summed E-state index contributed by atoms with van der Waals surface area (Å²) in [6, 6.07) is 7.73. The first-order valence-electron chi connectivity index (χ1n) is 10.9. The van der Waals surface area contributed by atoms with Crippen molar-refractivity contribution in [3.63, 3.8) is 0 Å². The number of nitrogens with one attached hydrogen (secondary N) is 4. The van der Waals surface area contributed by atoms with E-state index in [-0.39, 0.29) is 11.3 Å². The van der Waals surface area contributed by atoms with E-state index in [9.17, 15) is 4.79 Å². The zero-order chi connectivity index (χ0) is 23.3. The predicted molar refractivity (Wildman–Crippen MR) is 129 cm³/mol. The SMILES string of the molecule is CONC(=O)c1ccc(C)c(Nc2nc(N[C@H]3CCNC3)cc(N(C)CC(C)(C)C)n2)c1. The Morgan fingerprint density at radius 2 is 2.06 bits per heavy atom. The van der Waals surface area contributed by atoms with Gasteiger partial charge in [-0.1, -0.05) is 26.8 Å². The van der Waals surface area contributed by atoms with Crippen molar-refractivity contribution in [1.82, 2.24) is 20.8 Å². The Bertz CT molecular complexity index is 936. The van der Waals surface area contributed by atoms with Crippen molar-refractivity contribution in [2.75, 3.05) is 49.3 Å². The molecule has 1 aliphatic rings. The smallest absolute Gasteiger partial charge is 0.274 e. The summed E-state index contributed by atoms with van der Waals surface area (Å²) in [5, 5.41) is 10.2. The lowest BCUT2D eigenvalue weighted by molar-refractivity contribution is 0.0537. The number of nitrogens with zero attached hydrogens (tertiary/aromatic N) is 3. The van der Waals surface area contributed by atoms with Crippen LogP contribution in [0, 0.1) is 12.3 Å². The second-order valence-electron chi connectivity index (χ2n) is 9.48. The molecule has 1 amide bonds. The van der Waals surface area contributed by atoms with Gasteiger partial charge in [-0.25, -0.2) is 5.48 Å². The minimum atomic E-state index is -0.314. The zero-order valence-electron chi connectivity index (χ0n) is 19.9. The molecule has 3 rings (SSSR count). The van der Waals surface area contributed by atoms with Gasteiger partial charge in [-0.05, 0) is 43.0 Å². The molecular formula is C23H35N7O2. The van der Waals surface area contributed by atoms with Crippen LogP contribution in [-0.2, 0) is 4.84 Å². The van der Waals surface area contributed by atoms with Gasteiger partial charge in [0.05, 0.1) is 7.11 Å². The van der Waals surface area contributed by atoms with Crippen molar-refractivity contribution < 1.29 is 9.63 Å². The summed E-state index contributed by atoms with van der Waals surface area (Å²) >= 11 is 0. The summed E-state index contributed by atoms with van der Waals surface area (Å²) in [6.45, 7) is 11.3. The summed E-state index contributed by atoms with van der Waals surface area (Å²) < 4.78 is 0. The van der Waals surface area contributed by atoms with Gasteiger partial charge in [0.15, 0.2) is 0 Å². The van der Waals surface area contributed by atoms with Crippen LogP contribution >= 0.6 is 0 Å². The lowest BCUT2D eigenvalue weighted by Crippen LogP contribution is -2.30. The van der Waals surface area contributed by atoms with Crippen molar-refractivity contribution in [3.05, 3.63) is 35.4 Å². The molecule has 0 aliphatic carbocycles. The quantitative estimate of drug-likeness (QED) is 0.464. The standard InChI is InChI=1S/C23H35N7O2/c1-15-7-8-16(21(31)29-32-6)11-18(15)26-22-27-19(25-17-9-10-24-13-17)12-20(28-22)30(5)14-23(2,3)4/h7-8,11-12,17,24H,9-10,13-14H2,1-6H3,(H,29,31)(H2,25,26,27,28)/t17-/m0/s1. The Morgan fingerprint density at radius 1 is 1.28 bits per heavy atom. The maximum Gasteiger partial charge on any atom is 0.274 e. The van der Waals surface area contributed by atoms with Crippen molar-refractivity contribution in [3.8, 4) is 0 Å². The second kappa shape index (κ2) is 10.1. The summed E-state index contributed by atoms with van der Waals surface area (Å²) in [7, 11) is 3.45. The zero-order valence-corrected chi connectivity index (χ0v) is 19.9. The van der Waals surface area contributed by atoms with Crippen LogP contribution in [0.5, 0.6) is 0 Å². The Balaban J connectivity index is 1.91. The van der Waals surface area contributed by atoms with Gasteiger partial charge in [-0.3, -0.25) is 9.63 Å². The summed E-state index contributed by atoms with van der Waals surface area (Å²) in [5.41, 5.74) is 4.69. The number of benzene rings is 1. The highest BCUT2D eigenvalue weighted by Gasteiger charge is 2.19. The average Bonchev–Trinajstić information content (AvgIpc) is 3.21. The average molecular weight is 442 g/mol. The minimum absolute atomic E-state index is 0.121. The molecule has 1 aromatic carbocycles. The van der Waals surface area contributed by atoms with Gasteiger partial charge in [-0.2, -0.15) is 9.97 Å². The number of aryl methyl sites for hydroxylation is 1. The molecule has 0 spiro atoms. The summed E-state index contributed by atoms with van der Waals surface area (Å²) in [6.07, 6.45) is 1.05. The molecule has 2 heterocycles. The fourth-order valence-corrected chi connectivity index (χ4v) is 3.71. The number of amides is 1. The predicted octanol–water partition coefficient (Wildman–Crippen LogP) is 3.08. The van der Waals surface area contributed by atoms with Gasteiger partial charge < -0.3 is 20.9 Å². The third kappa shape index (κ3) is 6.54. The molecule has 0 saturated carbocycles. The number of hydrogen-bond acceptors (Lipinski definition) is 8. The Labute approximate surface area is 190 Å². The molecule has 1 aliphatic heterocycles. The van der Waals surface area contributed by atoms with Crippen molar-refractivity contribution in [2.24, 2.45) is 5.41 Å². The lowest BCUT2D eigenvalue weighted by Gasteiger charge is -2.28. The fourth-order valence-electron chi connectivity index (χ4n) is 3.71. The van der Waals surface area contributed by atoms with Crippen molar-refractivity contribution >= 4 is 29.2 Å². The maximum absolute atomic E-state index is 12.2. The monoisotopic (exact) mass is 441 g/mol. The van der Waals surface area contributed by atoms with Gasteiger partial charge in [0.1, 0.15) is 11.6 Å². The number of hydrogen-bond donors (Lipinski definition) is 4. The Morgan fingerprint density at radius 3 is 2.72 bits per heavy atom. The van der Waals surface area contributed by atoms with Gasteiger partial charge in [0, 0.05) is 43.5 Å². The van der Waals surface area contributed by atoms with Crippen molar-refractivity contribution in [2.45, 2.75) is 40.2 Å². The highest BCUT2D eigenvalue weighted by Crippen LogP contribution is 2.26. The topological polar surface area (TPSA) is 103 Å². The van der Waals surface area contributed by atoms with Gasteiger partial charge in [0.25, 0.3) is 5.91 Å². The van der Waals surface area contributed by atoms with E-state index in [0.29, 0.717) is 17.6 Å². The van der Waals surface area contributed by atoms with Gasteiger partial charge in [0.2, 0.25) is 5.95 Å². The molecule has 9 nitrogen and oxygen atoms in total. The van der Waals surface area contributed by atoms with Crippen LogP contribution in [0.3, 0.4) is 0 Å². The van der Waals surface area contributed by atoms with E-state index in [1.165, 1.54) is 7.11 Å². The lowest BCUT2D eigenvalue weighted by atomic mass is 9.96. The number of anilines is 4. The highest BCUT2D eigenvalue weighted by atomic mass is 16.6. The number of carbonyl (C=O) groups is 1. The number of carbonyl (C=O) groups excluding carboxylic acids is 1. The first-order chi connectivity index (χ1) is 15.1. The van der Waals surface area contributed by atoms with Crippen LogP contribution in [-0.4, -0.2) is 55.7 Å². The van der Waals surface area contributed by atoms with E-state index >= 15 is 0 Å². The molecule has 9 heteroatoms.